The molecule has 0 aliphatic carbocycles. The van der Waals surface area contributed by atoms with Crippen LogP contribution in [0.15, 0.2) is 0 Å². The fourth-order valence-electron chi connectivity index (χ4n) is 1.89. The first kappa shape index (κ1) is 16.4. The van der Waals surface area contributed by atoms with Crippen LogP contribution in [0.2, 0.25) is 0 Å². The van der Waals surface area contributed by atoms with Gasteiger partial charge in [0.25, 0.3) is 0 Å². The third-order valence-electron chi connectivity index (χ3n) is 2.57. The maximum Gasteiger partial charge on any atom is 0.305 e. The van der Waals surface area contributed by atoms with Gasteiger partial charge in [-0.05, 0) is 0 Å². The Balaban J connectivity index is 2.80. The molecule has 4 atom stereocenters. The summed E-state index contributed by atoms with van der Waals surface area (Å²) in [6.45, 7) is 3.58. The molecule has 0 aromatic heterocycles. The molecular formula is C12H18O8. The molecule has 1 rings (SSSR count). The molecule has 1 saturated heterocycles. The molecule has 1 unspecified atom stereocenters. The highest BCUT2D eigenvalue weighted by Gasteiger charge is 2.49. The third-order valence-corrected chi connectivity index (χ3v) is 2.57. The van der Waals surface area contributed by atoms with E-state index in [2.05, 4.69) is 0 Å². The van der Waals surface area contributed by atoms with Crippen molar-refractivity contribution in [2.75, 3.05) is 13.7 Å². The van der Waals surface area contributed by atoms with Gasteiger partial charge in [-0.1, -0.05) is 0 Å². The van der Waals surface area contributed by atoms with E-state index in [0.717, 1.165) is 0 Å². The Bertz CT molecular complexity index is 380. The summed E-state index contributed by atoms with van der Waals surface area (Å²) in [4.78, 5) is 33.0. The fraction of sp³-hybridized carbons (Fsp3) is 0.750. The Hall–Kier alpha value is -1.67. The van der Waals surface area contributed by atoms with E-state index in [0.29, 0.717) is 0 Å². The van der Waals surface area contributed by atoms with Crippen LogP contribution in [0.5, 0.6) is 0 Å². The second-order valence-corrected chi connectivity index (χ2v) is 4.23. The fourth-order valence-corrected chi connectivity index (χ4v) is 1.89. The molecule has 1 fully saturated rings. The SMILES string of the molecule is CO[C@H]1[C@@H](COC(C)=O)OC(OC(C)=O)[C@@H]1OC(C)=O. The summed E-state index contributed by atoms with van der Waals surface area (Å²) in [5, 5.41) is 0. The minimum Gasteiger partial charge on any atom is -0.463 e. The standard InChI is InChI=1S/C12H18O8/c1-6(13)17-5-9-10(16-4)11(18-7(2)14)12(20-9)19-8(3)15/h9-12H,5H2,1-4H3/t9-,10+,11-,12?/m1/s1. The van der Waals surface area contributed by atoms with Crippen LogP contribution >= 0.6 is 0 Å². The molecule has 20 heavy (non-hydrogen) atoms. The highest BCUT2D eigenvalue weighted by molar-refractivity contribution is 5.67. The summed E-state index contributed by atoms with van der Waals surface area (Å²) in [5.41, 5.74) is 0. The normalized spacial score (nSPS) is 28.8. The first-order valence-corrected chi connectivity index (χ1v) is 6.01. The van der Waals surface area contributed by atoms with Crippen LogP contribution in [0.4, 0.5) is 0 Å². The minimum absolute atomic E-state index is 0.0939. The van der Waals surface area contributed by atoms with Crippen molar-refractivity contribution in [3.8, 4) is 0 Å². The summed E-state index contributed by atoms with van der Waals surface area (Å²) in [5.74, 6) is -1.63. The number of esters is 3. The first-order chi connectivity index (χ1) is 9.35. The van der Waals surface area contributed by atoms with Gasteiger partial charge in [-0.3, -0.25) is 14.4 Å². The summed E-state index contributed by atoms with van der Waals surface area (Å²) >= 11 is 0. The number of carbonyl (C=O) groups excluding carboxylic acids is 3. The monoisotopic (exact) mass is 290 g/mol. The van der Waals surface area contributed by atoms with Gasteiger partial charge in [-0.25, -0.2) is 0 Å². The van der Waals surface area contributed by atoms with Crippen molar-refractivity contribution in [3.05, 3.63) is 0 Å². The molecule has 0 aromatic rings. The lowest BCUT2D eigenvalue weighted by Gasteiger charge is -2.21. The van der Waals surface area contributed by atoms with Gasteiger partial charge in [0.1, 0.15) is 18.8 Å². The van der Waals surface area contributed by atoms with Gasteiger partial charge < -0.3 is 23.7 Å². The second-order valence-electron chi connectivity index (χ2n) is 4.23. The molecule has 0 amide bonds. The summed E-state index contributed by atoms with van der Waals surface area (Å²) in [6.07, 6.45) is -3.41. The van der Waals surface area contributed by atoms with Crippen molar-refractivity contribution in [1.82, 2.24) is 0 Å². The first-order valence-electron chi connectivity index (χ1n) is 6.01. The van der Waals surface area contributed by atoms with Gasteiger partial charge in [0.15, 0.2) is 6.10 Å². The van der Waals surface area contributed by atoms with Crippen LogP contribution in [0.25, 0.3) is 0 Å². The highest BCUT2D eigenvalue weighted by Crippen LogP contribution is 2.27. The van der Waals surface area contributed by atoms with E-state index in [9.17, 15) is 14.4 Å². The van der Waals surface area contributed by atoms with Crippen molar-refractivity contribution < 1.29 is 38.1 Å². The van der Waals surface area contributed by atoms with Gasteiger partial charge in [-0.2, -0.15) is 0 Å². The molecular weight excluding hydrogens is 272 g/mol. The lowest BCUT2D eigenvalue weighted by atomic mass is 10.1. The van der Waals surface area contributed by atoms with E-state index in [1.807, 2.05) is 0 Å². The minimum atomic E-state index is -1.10. The Kier molecular flexibility index (Phi) is 5.90. The van der Waals surface area contributed by atoms with Crippen molar-refractivity contribution >= 4 is 17.9 Å². The van der Waals surface area contributed by atoms with Gasteiger partial charge in [-0.15, -0.1) is 0 Å². The van der Waals surface area contributed by atoms with E-state index >= 15 is 0 Å². The zero-order valence-electron chi connectivity index (χ0n) is 11.8. The molecule has 1 aliphatic rings. The highest BCUT2D eigenvalue weighted by atomic mass is 16.7. The summed E-state index contributed by atoms with van der Waals surface area (Å²) in [6, 6.07) is 0. The molecule has 0 spiro atoms. The van der Waals surface area contributed by atoms with Crippen LogP contribution < -0.4 is 0 Å². The Morgan fingerprint density at radius 1 is 0.950 bits per heavy atom. The van der Waals surface area contributed by atoms with E-state index in [1.165, 1.54) is 27.9 Å². The van der Waals surface area contributed by atoms with Crippen molar-refractivity contribution in [2.45, 2.75) is 45.4 Å². The molecule has 1 aliphatic heterocycles. The molecule has 8 nitrogen and oxygen atoms in total. The van der Waals surface area contributed by atoms with Gasteiger partial charge >= 0.3 is 17.9 Å². The van der Waals surface area contributed by atoms with Gasteiger partial charge in [0.2, 0.25) is 6.29 Å². The zero-order chi connectivity index (χ0) is 15.3. The molecule has 114 valence electrons. The predicted octanol–water partition coefficient (Wildman–Crippen LogP) is -0.216. The lowest BCUT2D eigenvalue weighted by Crippen LogP contribution is -2.40. The van der Waals surface area contributed by atoms with E-state index in [-0.39, 0.29) is 6.61 Å². The number of hydrogen-bond acceptors (Lipinski definition) is 8. The Morgan fingerprint density at radius 3 is 2.00 bits per heavy atom. The van der Waals surface area contributed by atoms with Crippen molar-refractivity contribution in [1.29, 1.82) is 0 Å². The van der Waals surface area contributed by atoms with Gasteiger partial charge in [0.05, 0.1) is 0 Å². The Morgan fingerprint density at radius 2 is 1.55 bits per heavy atom. The number of hydrogen-bond donors (Lipinski definition) is 0. The molecule has 0 saturated carbocycles. The number of ether oxygens (including phenoxy) is 5. The zero-order valence-corrected chi connectivity index (χ0v) is 11.8. The number of methoxy groups -OCH3 is 1. The van der Waals surface area contributed by atoms with Crippen LogP contribution in [0.3, 0.4) is 0 Å². The quantitative estimate of drug-likeness (QED) is 0.506. The smallest absolute Gasteiger partial charge is 0.305 e. The maximum atomic E-state index is 11.1. The predicted molar refractivity (Wildman–Crippen MR) is 63.4 cm³/mol. The molecule has 0 bridgehead atoms. The summed E-state index contributed by atoms with van der Waals surface area (Å²) in [7, 11) is 1.39. The largest absolute Gasteiger partial charge is 0.463 e. The molecule has 1 heterocycles. The van der Waals surface area contributed by atoms with Crippen LogP contribution in [0.1, 0.15) is 20.8 Å². The topological polar surface area (TPSA) is 97.4 Å². The van der Waals surface area contributed by atoms with Crippen LogP contribution in [-0.2, 0) is 38.1 Å². The average molecular weight is 290 g/mol. The molecule has 0 aromatic carbocycles. The van der Waals surface area contributed by atoms with Crippen LogP contribution in [-0.4, -0.2) is 56.2 Å². The van der Waals surface area contributed by atoms with E-state index < -0.39 is 42.5 Å². The maximum absolute atomic E-state index is 11.1. The number of rotatable bonds is 5. The van der Waals surface area contributed by atoms with E-state index in [4.69, 9.17) is 23.7 Å². The molecule has 0 radical (unpaired) electrons. The van der Waals surface area contributed by atoms with Crippen LogP contribution in [0, 0.1) is 0 Å². The number of carbonyl (C=O) groups is 3. The third kappa shape index (κ3) is 4.46. The Labute approximate surface area is 116 Å². The van der Waals surface area contributed by atoms with Gasteiger partial charge in [0, 0.05) is 27.9 Å². The second kappa shape index (κ2) is 7.20. The van der Waals surface area contributed by atoms with Crippen molar-refractivity contribution in [2.24, 2.45) is 0 Å². The lowest BCUT2D eigenvalue weighted by molar-refractivity contribution is -0.197. The molecule has 0 N–H and O–H groups in total. The van der Waals surface area contributed by atoms with E-state index in [1.54, 1.807) is 0 Å². The average Bonchev–Trinajstić information content (AvgIpc) is 2.62. The summed E-state index contributed by atoms with van der Waals surface area (Å²) < 4.78 is 25.4. The molecule has 8 heteroatoms. The van der Waals surface area contributed by atoms with Crippen molar-refractivity contribution in [3.63, 3.8) is 0 Å².